The number of pyridine rings is 1. The van der Waals surface area contributed by atoms with E-state index in [0.717, 1.165) is 38.4 Å². The van der Waals surface area contributed by atoms with Crippen LogP contribution in [0.15, 0.2) is 6.07 Å². The second-order valence-electron chi connectivity index (χ2n) is 7.28. The Bertz CT molecular complexity index is 482. The van der Waals surface area contributed by atoms with E-state index in [2.05, 4.69) is 62.8 Å². The van der Waals surface area contributed by atoms with Gasteiger partial charge in [-0.3, -0.25) is 0 Å². The molecule has 0 radical (unpaired) electrons. The Kier molecular flexibility index (Phi) is 4.89. The molecule has 1 aliphatic rings. The molecule has 0 atom stereocenters. The molecule has 4 heteroatoms. The lowest BCUT2D eigenvalue weighted by Crippen LogP contribution is -2.45. The Morgan fingerprint density at radius 2 is 1.76 bits per heavy atom. The SMILES string of the molecule is Cc1cc(C)c(CNC(C)(C)C)c(N2CCN(C)CC2)n1. The number of hydrogen-bond acceptors (Lipinski definition) is 4. The molecule has 1 N–H and O–H groups in total. The summed E-state index contributed by atoms with van der Waals surface area (Å²) in [7, 11) is 2.19. The van der Waals surface area contributed by atoms with Crippen molar-refractivity contribution in [2.75, 3.05) is 38.1 Å². The van der Waals surface area contributed by atoms with Crippen molar-refractivity contribution in [2.45, 2.75) is 46.7 Å². The lowest BCUT2D eigenvalue weighted by atomic mass is 10.0. The zero-order chi connectivity index (χ0) is 15.6. The van der Waals surface area contributed by atoms with Crippen molar-refractivity contribution in [3.8, 4) is 0 Å². The minimum Gasteiger partial charge on any atom is -0.354 e. The molecule has 1 fully saturated rings. The summed E-state index contributed by atoms with van der Waals surface area (Å²) in [6, 6.07) is 2.19. The highest BCUT2D eigenvalue weighted by Crippen LogP contribution is 2.24. The van der Waals surface area contributed by atoms with Crippen molar-refractivity contribution in [3.63, 3.8) is 0 Å². The number of rotatable bonds is 3. The molecule has 0 bridgehead atoms. The number of hydrogen-bond donors (Lipinski definition) is 1. The van der Waals surface area contributed by atoms with Crippen LogP contribution in [-0.2, 0) is 6.54 Å². The fraction of sp³-hybridized carbons (Fsp3) is 0.706. The molecule has 0 amide bonds. The highest BCUT2D eigenvalue weighted by molar-refractivity contribution is 5.52. The number of nitrogens with one attached hydrogen (secondary N) is 1. The van der Waals surface area contributed by atoms with Crippen LogP contribution in [0.1, 0.15) is 37.6 Å². The molecule has 2 rings (SSSR count). The van der Waals surface area contributed by atoms with Crippen molar-refractivity contribution in [3.05, 3.63) is 22.9 Å². The number of nitrogens with zero attached hydrogens (tertiary/aromatic N) is 3. The number of piperazine rings is 1. The molecule has 4 nitrogen and oxygen atoms in total. The summed E-state index contributed by atoms with van der Waals surface area (Å²) < 4.78 is 0. The van der Waals surface area contributed by atoms with Gasteiger partial charge in [-0.2, -0.15) is 0 Å². The molecule has 1 aromatic rings. The quantitative estimate of drug-likeness (QED) is 0.926. The molecule has 0 aromatic carbocycles. The summed E-state index contributed by atoms with van der Waals surface area (Å²) in [5, 5.41) is 3.61. The van der Waals surface area contributed by atoms with E-state index in [1.54, 1.807) is 0 Å². The number of likely N-dealkylation sites (N-methyl/N-ethyl adjacent to an activating group) is 1. The third-order valence-electron chi connectivity index (χ3n) is 4.05. The summed E-state index contributed by atoms with van der Waals surface area (Å²) >= 11 is 0. The minimum atomic E-state index is 0.122. The number of aryl methyl sites for hydroxylation is 2. The maximum Gasteiger partial charge on any atom is 0.133 e. The van der Waals surface area contributed by atoms with Gasteiger partial charge in [0.25, 0.3) is 0 Å². The Balaban J connectivity index is 2.25. The lowest BCUT2D eigenvalue weighted by molar-refractivity contribution is 0.311. The second kappa shape index (κ2) is 6.32. The Hall–Kier alpha value is -1.13. The first-order valence-electron chi connectivity index (χ1n) is 7.92. The van der Waals surface area contributed by atoms with E-state index in [9.17, 15) is 0 Å². The molecule has 1 saturated heterocycles. The normalized spacial score (nSPS) is 17.3. The molecule has 2 heterocycles. The third-order valence-corrected chi connectivity index (χ3v) is 4.05. The van der Waals surface area contributed by atoms with Gasteiger partial charge >= 0.3 is 0 Å². The van der Waals surface area contributed by atoms with Crippen molar-refractivity contribution in [1.29, 1.82) is 0 Å². The van der Waals surface area contributed by atoms with Crippen molar-refractivity contribution in [2.24, 2.45) is 0 Å². The predicted molar refractivity (Wildman–Crippen MR) is 90.0 cm³/mol. The van der Waals surface area contributed by atoms with Gasteiger partial charge in [-0.15, -0.1) is 0 Å². The smallest absolute Gasteiger partial charge is 0.133 e. The van der Waals surface area contributed by atoms with Crippen LogP contribution in [0.4, 0.5) is 5.82 Å². The topological polar surface area (TPSA) is 31.4 Å². The minimum absolute atomic E-state index is 0.122. The maximum atomic E-state index is 4.85. The van der Waals surface area contributed by atoms with Gasteiger partial charge in [0, 0.05) is 49.5 Å². The highest BCUT2D eigenvalue weighted by Gasteiger charge is 2.21. The molecular formula is C17H30N4. The van der Waals surface area contributed by atoms with Crippen molar-refractivity contribution >= 4 is 5.82 Å². The summed E-state index contributed by atoms with van der Waals surface area (Å²) in [6.07, 6.45) is 0. The van der Waals surface area contributed by atoms with Gasteiger partial charge in [0.1, 0.15) is 5.82 Å². The lowest BCUT2D eigenvalue weighted by Gasteiger charge is -2.35. The Morgan fingerprint density at radius 1 is 1.14 bits per heavy atom. The fourth-order valence-corrected chi connectivity index (χ4v) is 2.70. The molecule has 1 aliphatic heterocycles. The van der Waals surface area contributed by atoms with Crippen LogP contribution in [0.5, 0.6) is 0 Å². The van der Waals surface area contributed by atoms with Gasteiger partial charge in [0.05, 0.1) is 0 Å². The van der Waals surface area contributed by atoms with Crippen LogP contribution in [0.2, 0.25) is 0 Å². The number of aromatic nitrogens is 1. The monoisotopic (exact) mass is 290 g/mol. The van der Waals surface area contributed by atoms with Gasteiger partial charge < -0.3 is 15.1 Å². The summed E-state index contributed by atoms with van der Waals surface area (Å²) in [6.45, 7) is 16.1. The first-order valence-corrected chi connectivity index (χ1v) is 7.92. The average Bonchev–Trinajstić information content (AvgIpc) is 2.36. The molecule has 0 spiro atoms. The van der Waals surface area contributed by atoms with Crippen LogP contribution in [0, 0.1) is 13.8 Å². The van der Waals surface area contributed by atoms with E-state index in [-0.39, 0.29) is 5.54 Å². The van der Waals surface area contributed by atoms with Crippen LogP contribution in [0.3, 0.4) is 0 Å². The molecule has 118 valence electrons. The van der Waals surface area contributed by atoms with Gasteiger partial charge in [-0.1, -0.05) is 0 Å². The van der Waals surface area contributed by atoms with Gasteiger partial charge in [-0.25, -0.2) is 4.98 Å². The largest absolute Gasteiger partial charge is 0.354 e. The zero-order valence-corrected chi connectivity index (χ0v) is 14.5. The summed E-state index contributed by atoms with van der Waals surface area (Å²) in [5.41, 5.74) is 3.92. The fourth-order valence-electron chi connectivity index (χ4n) is 2.70. The highest BCUT2D eigenvalue weighted by atomic mass is 15.3. The Labute approximate surface area is 129 Å². The molecular weight excluding hydrogens is 260 g/mol. The molecule has 0 unspecified atom stereocenters. The van der Waals surface area contributed by atoms with E-state index < -0.39 is 0 Å². The Morgan fingerprint density at radius 3 is 2.33 bits per heavy atom. The molecule has 0 aliphatic carbocycles. The average molecular weight is 290 g/mol. The molecule has 0 saturated carbocycles. The standard InChI is InChI=1S/C17H30N4/c1-13-11-14(2)19-16(15(13)12-18-17(3,4)5)21-9-7-20(6)8-10-21/h11,18H,7-10,12H2,1-6H3. The van der Waals surface area contributed by atoms with Crippen LogP contribution in [0.25, 0.3) is 0 Å². The van der Waals surface area contributed by atoms with Crippen molar-refractivity contribution in [1.82, 2.24) is 15.2 Å². The van der Waals surface area contributed by atoms with Crippen molar-refractivity contribution < 1.29 is 0 Å². The first-order chi connectivity index (χ1) is 9.76. The second-order valence-corrected chi connectivity index (χ2v) is 7.28. The van der Waals surface area contributed by atoms with Gasteiger partial charge in [0.15, 0.2) is 0 Å². The number of anilines is 1. The van der Waals surface area contributed by atoms with E-state index in [4.69, 9.17) is 4.98 Å². The molecule has 21 heavy (non-hydrogen) atoms. The van der Waals surface area contributed by atoms with Gasteiger partial charge in [-0.05, 0) is 53.3 Å². The van der Waals surface area contributed by atoms with Crippen LogP contribution >= 0.6 is 0 Å². The predicted octanol–water partition coefficient (Wildman–Crippen LogP) is 2.34. The van der Waals surface area contributed by atoms with E-state index in [1.807, 2.05) is 0 Å². The third kappa shape index (κ3) is 4.42. The zero-order valence-electron chi connectivity index (χ0n) is 14.5. The van der Waals surface area contributed by atoms with Crippen LogP contribution in [-0.4, -0.2) is 48.6 Å². The summed E-state index contributed by atoms with van der Waals surface area (Å²) in [5.74, 6) is 1.18. The van der Waals surface area contributed by atoms with E-state index in [1.165, 1.54) is 16.9 Å². The first kappa shape index (κ1) is 16.2. The summed E-state index contributed by atoms with van der Waals surface area (Å²) in [4.78, 5) is 9.68. The van der Waals surface area contributed by atoms with Gasteiger partial charge in [0.2, 0.25) is 0 Å². The maximum absolute atomic E-state index is 4.85. The van der Waals surface area contributed by atoms with E-state index >= 15 is 0 Å². The van der Waals surface area contributed by atoms with E-state index in [0.29, 0.717) is 0 Å². The molecule has 1 aromatic heterocycles. The van der Waals surface area contributed by atoms with Crippen LogP contribution < -0.4 is 10.2 Å².